The van der Waals surface area contributed by atoms with E-state index in [0.717, 1.165) is 16.4 Å². The van der Waals surface area contributed by atoms with Gasteiger partial charge < -0.3 is 10.1 Å². The fourth-order valence-electron chi connectivity index (χ4n) is 2.15. The van der Waals surface area contributed by atoms with E-state index >= 15 is 0 Å². The number of halogens is 2. The zero-order chi connectivity index (χ0) is 14.5. The average molecular weight is 314 g/mol. The van der Waals surface area contributed by atoms with E-state index in [1.807, 2.05) is 18.4 Å². The molecular weight excluding hydrogens is 297 g/mol. The summed E-state index contributed by atoms with van der Waals surface area (Å²) in [4.78, 5) is 1.04. The first kappa shape index (κ1) is 15.3. The van der Waals surface area contributed by atoms with Crippen molar-refractivity contribution in [3.8, 4) is 5.75 Å². The van der Waals surface area contributed by atoms with Crippen LogP contribution in [0.25, 0.3) is 0 Å². The van der Waals surface area contributed by atoms with Gasteiger partial charge in [-0.2, -0.15) is 0 Å². The minimum Gasteiger partial charge on any atom is -0.494 e. The van der Waals surface area contributed by atoms with Gasteiger partial charge in [0.15, 0.2) is 11.6 Å². The summed E-state index contributed by atoms with van der Waals surface area (Å²) < 4.78 is 19.3. The largest absolute Gasteiger partial charge is 0.494 e. The number of hydrogen-bond acceptors (Lipinski definition) is 3. The highest BCUT2D eigenvalue weighted by molar-refractivity contribution is 7.10. The molecule has 2 nitrogen and oxygen atoms in total. The summed E-state index contributed by atoms with van der Waals surface area (Å²) in [6.45, 7) is 2.82. The van der Waals surface area contributed by atoms with Gasteiger partial charge in [-0.05, 0) is 36.0 Å². The van der Waals surface area contributed by atoms with E-state index in [2.05, 4.69) is 5.32 Å². The van der Waals surface area contributed by atoms with Gasteiger partial charge in [-0.25, -0.2) is 4.39 Å². The number of likely N-dealkylation sites (N-methyl/N-ethyl adjacent to an activating group) is 1. The zero-order valence-corrected chi connectivity index (χ0v) is 13.0. The van der Waals surface area contributed by atoms with Crippen LogP contribution in [0, 0.1) is 5.82 Å². The van der Waals surface area contributed by atoms with Crippen molar-refractivity contribution in [2.75, 3.05) is 13.7 Å². The second-order valence-electron chi connectivity index (χ2n) is 4.38. The van der Waals surface area contributed by atoms with Crippen molar-refractivity contribution < 1.29 is 9.13 Å². The molecule has 0 saturated carbocycles. The molecule has 0 amide bonds. The van der Waals surface area contributed by atoms with E-state index in [4.69, 9.17) is 16.3 Å². The number of ether oxygens (including phenoxy) is 1. The molecule has 0 aliphatic rings. The van der Waals surface area contributed by atoms with Gasteiger partial charge in [0.05, 0.1) is 12.1 Å². The third-order valence-electron chi connectivity index (χ3n) is 3.10. The van der Waals surface area contributed by atoms with Gasteiger partial charge in [0.2, 0.25) is 0 Å². The summed E-state index contributed by atoms with van der Waals surface area (Å²) in [6.07, 6.45) is 0.539. The molecule has 0 saturated heterocycles. The number of thiophene rings is 1. The molecule has 1 aromatic carbocycles. The van der Waals surface area contributed by atoms with Crippen molar-refractivity contribution in [1.29, 1.82) is 0 Å². The Hall–Kier alpha value is -1.10. The van der Waals surface area contributed by atoms with Crippen LogP contribution in [0.1, 0.15) is 23.4 Å². The third-order valence-corrected chi connectivity index (χ3v) is 4.57. The zero-order valence-electron chi connectivity index (χ0n) is 11.5. The van der Waals surface area contributed by atoms with E-state index in [1.165, 1.54) is 7.11 Å². The Bertz CT molecular complexity index is 573. The fourth-order valence-corrected chi connectivity index (χ4v) is 3.41. The molecule has 0 aliphatic carbocycles. The second kappa shape index (κ2) is 7.07. The molecule has 1 heterocycles. The van der Waals surface area contributed by atoms with Crippen molar-refractivity contribution >= 4 is 22.9 Å². The fraction of sp³-hybridized carbons (Fsp3) is 0.333. The lowest BCUT2D eigenvalue weighted by molar-refractivity contribution is 0.382. The normalized spacial score (nSPS) is 12.4. The summed E-state index contributed by atoms with van der Waals surface area (Å²) in [5.74, 6) is -0.0272. The number of nitrogens with one attached hydrogen (secondary N) is 1. The first-order chi connectivity index (χ1) is 9.67. The molecular formula is C15H17ClFNOS. The van der Waals surface area contributed by atoms with Crippen LogP contribution in [0.2, 0.25) is 5.02 Å². The van der Waals surface area contributed by atoms with Crippen LogP contribution in [0.5, 0.6) is 5.75 Å². The van der Waals surface area contributed by atoms with Crippen LogP contribution in [0.15, 0.2) is 29.6 Å². The highest BCUT2D eigenvalue weighted by Gasteiger charge is 2.19. The monoisotopic (exact) mass is 313 g/mol. The van der Waals surface area contributed by atoms with Crippen LogP contribution in [-0.2, 0) is 6.42 Å². The van der Waals surface area contributed by atoms with E-state index in [0.29, 0.717) is 12.0 Å². The van der Waals surface area contributed by atoms with Gasteiger partial charge in [0.1, 0.15) is 0 Å². The third kappa shape index (κ3) is 3.32. The quantitative estimate of drug-likeness (QED) is 0.851. The Kier molecular flexibility index (Phi) is 5.40. The van der Waals surface area contributed by atoms with Gasteiger partial charge in [-0.1, -0.05) is 30.7 Å². The molecule has 1 atom stereocenters. The molecule has 5 heteroatoms. The van der Waals surface area contributed by atoms with Crippen LogP contribution in [0.3, 0.4) is 0 Å². The molecule has 1 aromatic heterocycles. The topological polar surface area (TPSA) is 21.3 Å². The Morgan fingerprint density at radius 2 is 2.20 bits per heavy atom. The molecule has 108 valence electrons. The predicted octanol–water partition coefficient (Wildman–Crippen LogP) is 4.44. The summed E-state index contributed by atoms with van der Waals surface area (Å²) >= 11 is 7.77. The molecule has 0 bridgehead atoms. The smallest absolute Gasteiger partial charge is 0.168 e. The Labute approximate surface area is 127 Å². The number of hydrogen-bond donors (Lipinski definition) is 1. The predicted molar refractivity (Wildman–Crippen MR) is 82.4 cm³/mol. The summed E-state index contributed by atoms with van der Waals surface area (Å²) in [7, 11) is 1.47. The minimum absolute atomic E-state index is 0.00843. The van der Waals surface area contributed by atoms with Crippen LogP contribution < -0.4 is 10.1 Å². The number of rotatable bonds is 6. The van der Waals surface area contributed by atoms with Crippen molar-refractivity contribution in [3.05, 3.63) is 50.9 Å². The molecule has 0 spiro atoms. The Morgan fingerprint density at radius 1 is 1.40 bits per heavy atom. The summed E-state index contributed by atoms with van der Waals surface area (Å²) in [5.41, 5.74) is 0.625. The molecule has 2 rings (SSSR count). The maximum Gasteiger partial charge on any atom is 0.168 e. The van der Waals surface area contributed by atoms with Gasteiger partial charge in [-0.15, -0.1) is 11.3 Å². The van der Waals surface area contributed by atoms with Gasteiger partial charge in [0.25, 0.3) is 0 Å². The maximum absolute atomic E-state index is 14.2. The molecule has 0 aliphatic heterocycles. The SMILES string of the molecule is CCNC(Cc1cccc(OC)c1F)c1sccc1Cl. The van der Waals surface area contributed by atoms with E-state index in [-0.39, 0.29) is 17.6 Å². The Morgan fingerprint density at radius 3 is 2.80 bits per heavy atom. The van der Waals surface area contributed by atoms with Crippen molar-refractivity contribution in [1.82, 2.24) is 5.32 Å². The highest BCUT2D eigenvalue weighted by Crippen LogP contribution is 2.32. The lowest BCUT2D eigenvalue weighted by Crippen LogP contribution is -2.22. The van der Waals surface area contributed by atoms with E-state index < -0.39 is 0 Å². The van der Waals surface area contributed by atoms with Crippen molar-refractivity contribution in [2.24, 2.45) is 0 Å². The van der Waals surface area contributed by atoms with Gasteiger partial charge in [-0.3, -0.25) is 0 Å². The molecule has 20 heavy (non-hydrogen) atoms. The van der Waals surface area contributed by atoms with Crippen LogP contribution >= 0.6 is 22.9 Å². The van der Waals surface area contributed by atoms with E-state index in [1.54, 1.807) is 29.5 Å². The molecule has 2 aromatic rings. The minimum atomic E-state index is -0.300. The summed E-state index contributed by atoms with van der Waals surface area (Å²) in [5, 5.41) is 6.03. The molecule has 0 radical (unpaired) electrons. The lowest BCUT2D eigenvalue weighted by Gasteiger charge is -2.18. The highest BCUT2D eigenvalue weighted by atomic mass is 35.5. The van der Waals surface area contributed by atoms with Gasteiger partial charge >= 0.3 is 0 Å². The van der Waals surface area contributed by atoms with Crippen LogP contribution in [-0.4, -0.2) is 13.7 Å². The number of methoxy groups -OCH3 is 1. The lowest BCUT2D eigenvalue weighted by atomic mass is 10.0. The molecule has 0 fully saturated rings. The first-order valence-corrected chi connectivity index (χ1v) is 7.70. The van der Waals surface area contributed by atoms with Crippen LogP contribution in [0.4, 0.5) is 4.39 Å². The Balaban J connectivity index is 2.27. The maximum atomic E-state index is 14.2. The average Bonchev–Trinajstić information content (AvgIpc) is 2.86. The summed E-state index contributed by atoms with van der Waals surface area (Å²) in [6, 6.07) is 7.08. The standard InChI is InChI=1S/C15H17ClFNOS/c1-3-18-12(15-11(16)7-8-20-15)9-10-5-4-6-13(19-2)14(10)17/h4-8,12,18H,3,9H2,1-2H3. The van der Waals surface area contributed by atoms with Gasteiger partial charge in [0, 0.05) is 10.9 Å². The van der Waals surface area contributed by atoms with E-state index in [9.17, 15) is 4.39 Å². The van der Waals surface area contributed by atoms with Crippen molar-refractivity contribution in [2.45, 2.75) is 19.4 Å². The molecule has 1 unspecified atom stereocenters. The molecule has 1 N–H and O–H groups in total. The number of benzene rings is 1. The van der Waals surface area contributed by atoms with Crippen molar-refractivity contribution in [3.63, 3.8) is 0 Å². The first-order valence-electron chi connectivity index (χ1n) is 6.45. The second-order valence-corrected chi connectivity index (χ2v) is 5.74.